The molecular weight excluding hydrogens is 403 g/mol. The number of nitrogen functional groups attached to an aromatic ring is 1. The van der Waals surface area contributed by atoms with Crippen LogP contribution in [-0.4, -0.2) is 51.6 Å². The van der Waals surface area contributed by atoms with Crippen molar-refractivity contribution in [2.24, 2.45) is 0 Å². The Labute approximate surface area is 180 Å². The van der Waals surface area contributed by atoms with Crippen molar-refractivity contribution in [3.63, 3.8) is 0 Å². The van der Waals surface area contributed by atoms with E-state index in [0.29, 0.717) is 18.8 Å². The molecule has 10 heteroatoms. The van der Waals surface area contributed by atoms with Crippen LogP contribution in [0.3, 0.4) is 0 Å². The summed E-state index contributed by atoms with van der Waals surface area (Å²) in [5, 5.41) is 5.88. The summed E-state index contributed by atoms with van der Waals surface area (Å²) >= 11 is 0. The average Bonchev–Trinajstić information content (AvgIpc) is 2.69. The lowest BCUT2D eigenvalue weighted by atomic mass is 10.1. The van der Waals surface area contributed by atoms with Crippen LogP contribution in [0, 0.1) is 5.82 Å². The van der Waals surface area contributed by atoms with Crippen LogP contribution in [0.15, 0.2) is 30.6 Å². The highest BCUT2D eigenvalue weighted by atomic mass is 19.1. The van der Waals surface area contributed by atoms with E-state index in [1.807, 2.05) is 20.8 Å². The lowest BCUT2D eigenvalue weighted by Gasteiger charge is -2.34. The minimum absolute atomic E-state index is 0.0110. The van der Waals surface area contributed by atoms with E-state index in [9.17, 15) is 14.0 Å². The normalized spacial score (nSPS) is 16.5. The Hall–Kier alpha value is -3.43. The molecule has 3 rings (SSSR count). The van der Waals surface area contributed by atoms with Crippen molar-refractivity contribution < 1.29 is 18.7 Å². The number of anilines is 3. The molecule has 2 heterocycles. The standard InChI is InChI=1S/C21H27FN6O3/c1-21(2,3)31-20(30)28-10-4-5-15(11-28)26-18-16(17(23)24-12-25-18)19(29)27-14-8-6-13(22)7-9-14/h6-9,12,15H,4-5,10-11H2,1-3H3,(H,27,29)(H3,23,24,25,26)/t15-/m1/s1. The molecule has 4 N–H and O–H groups in total. The number of ether oxygens (including phenoxy) is 1. The molecule has 1 aromatic carbocycles. The molecule has 0 unspecified atom stereocenters. The number of likely N-dealkylation sites (tertiary alicyclic amines) is 1. The van der Waals surface area contributed by atoms with Gasteiger partial charge in [0.05, 0.1) is 0 Å². The Balaban J connectivity index is 1.73. The Kier molecular flexibility index (Phi) is 6.57. The zero-order chi connectivity index (χ0) is 22.6. The van der Waals surface area contributed by atoms with Crippen LogP contribution in [0.25, 0.3) is 0 Å². The van der Waals surface area contributed by atoms with E-state index < -0.39 is 17.3 Å². The number of carbonyl (C=O) groups excluding carboxylic acids is 2. The summed E-state index contributed by atoms with van der Waals surface area (Å²) < 4.78 is 18.6. The SMILES string of the molecule is CC(C)(C)OC(=O)N1CCC[C@@H](Nc2ncnc(N)c2C(=O)Nc2ccc(F)cc2)C1. The summed E-state index contributed by atoms with van der Waals surface area (Å²) in [7, 11) is 0. The third-order valence-corrected chi connectivity index (χ3v) is 4.62. The van der Waals surface area contributed by atoms with Gasteiger partial charge in [-0.2, -0.15) is 0 Å². The van der Waals surface area contributed by atoms with Gasteiger partial charge in [-0.1, -0.05) is 0 Å². The van der Waals surface area contributed by atoms with Crippen molar-refractivity contribution in [2.75, 3.05) is 29.5 Å². The van der Waals surface area contributed by atoms with Gasteiger partial charge in [0.15, 0.2) is 0 Å². The quantitative estimate of drug-likeness (QED) is 0.680. The minimum atomic E-state index is -0.579. The van der Waals surface area contributed by atoms with Gasteiger partial charge in [0, 0.05) is 24.8 Å². The monoisotopic (exact) mass is 430 g/mol. The Morgan fingerprint density at radius 3 is 2.61 bits per heavy atom. The van der Waals surface area contributed by atoms with Crippen LogP contribution in [0.5, 0.6) is 0 Å². The maximum atomic E-state index is 13.1. The number of carbonyl (C=O) groups is 2. The molecule has 0 radical (unpaired) electrons. The third kappa shape index (κ3) is 6.03. The van der Waals surface area contributed by atoms with Crippen LogP contribution >= 0.6 is 0 Å². The molecule has 1 aromatic heterocycles. The van der Waals surface area contributed by atoms with Crippen LogP contribution in [0.2, 0.25) is 0 Å². The maximum Gasteiger partial charge on any atom is 0.410 e. The summed E-state index contributed by atoms with van der Waals surface area (Å²) in [6.07, 6.45) is 2.44. The van der Waals surface area contributed by atoms with Crippen molar-refractivity contribution in [1.82, 2.24) is 14.9 Å². The molecule has 0 aliphatic carbocycles. The molecular formula is C21H27FN6O3. The second kappa shape index (κ2) is 9.15. The van der Waals surface area contributed by atoms with E-state index in [1.165, 1.54) is 30.6 Å². The largest absolute Gasteiger partial charge is 0.444 e. The summed E-state index contributed by atoms with van der Waals surface area (Å²) in [6.45, 7) is 6.45. The van der Waals surface area contributed by atoms with E-state index in [2.05, 4.69) is 20.6 Å². The first-order valence-electron chi connectivity index (χ1n) is 10.0. The number of rotatable bonds is 4. The average molecular weight is 430 g/mol. The number of hydrogen-bond donors (Lipinski definition) is 3. The minimum Gasteiger partial charge on any atom is -0.444 e. The van der Waals surface area contributed by atoms with Gasteiger partial charge in [0.1, 0.15) is 34.9 Å². The Bertz CT molecular complexity index is 945. The van der Waals surface area contributed by atoms with Gasteiger partial charge in [-0.3, -0.25) is 4.79 Å². The lowest BCUT2D eigenvalue weighted by Crippen LogP contribution is -2.47. The van der Waals surface area contributed by atoms with Crippen molar-refractivity contribution >= 4 is 29.3 Å². The van der Waals surface area contributed by atoms with Gasteiger partial charge in [0.2, 0.25) is 0 Å². The smallest absolute Gasteiger partial charge is 0.410 e. The number of nitrogens with zero attached hydrogens (tertiary/aromatic N) is 3. The summed E-state index contributed by atoms with van der Waals surface area (Å²) in [4.78, 5) is 35.0. The fraction of sp³-hybridized carbons (Fsp3) is 0.429. The number of benzene rings is 1. The van der Waals surface area contributed by atoms with Gasteiger partial charge in [-0.25, -0.2) is 19.2 Å². The third-order valence-electron chi connectivity index (χ3n) is 4.62. The zero-order valence-corrected chi connectivity index (χ0v) is 17.8. The first kappa shape index (κ1) is 22.3. The van der Waals surface area contributed by atoms with E-state index in [-0.39, 0.29) is 29.3 Å². The molecule has 2 amide bonds. The van der Waals surface area contributed by atoms with Gasteiger partial charge >= 0.3 is 6.09 Å². The highest BCUT2D eigenvalue weighted by Crippen LogP contribution is 2.23. The summed E-state index contributed by atoms with van der Waals surface area (Å²) in [5.41, 5.74) is 5.87. The van der Waals surface area contributed by atoms with Crippen molar-refractivity contribution in [2.45, 2.75) is 45.3 Å². The number of aromatic nitrogens is 2. The fourth-order valence-corrected chi connectivity index (χ4v) is 3.24. The number of nitrogens with two attached hydrogens (primary N) is 1. The lowest BCUT2D eigenvalue weighted by molar-refractivity contribution is 0.0206. The highest BCUT2D eigenvalue weighted by Gasteiger charge is 2.29. The Morgan fingerprint density at radius 2 is 1.94 bits per heavy atom. The van der Waals surface area contributed by atoms with E-state index >= 15 is 0 Å². The predicted molar refractivity (Wildman–Crippen MR) is 115 cm³/mol. The van der Waals surface area contributed by atoms with Gasteiger partial charge < -0.3 is 26.0 Å². The molecule has 1 atom stereocenters. The van der Waals surface area contributed by atoms with E-state index in [4.69, 9.17) is 10.5 Å². The maximum absolute atomic E-state index is 13.1. The first-order valence-corrected chi connectivity index (χ1v) is 10.0. The number of piperidine rings is 1. The molecule has 9 nitrogen and oxygen atoms in total. The molecule has 31 heavy (non-hydrogen) atoms. The predicted octanol–water partition coefficient (Wildman–Crippen LogP) is 3.26. The Morgan fingerprint density at radius 1 is 1.23 bits per heavy atom. The molecule has 0 spiro atoms. The van der Waals surface area contributed by atoms with Crippen LogP contribution in [0.1, 0.15) is 44.0 Å². The summed E-state index contributed by atoms with van der Waals surface area (Å²) in [6, 6.07) is 5.23. The number of amides is 2. The molecule has 0 bridgehead atoms. The molecule has 1 aliphatic rings. The van der Waals surface area contributed by atoms with Crippen LogP contribution < -0.4 is 16.4 Å². The van der Waals surface area contributed by atoms with Gasteiger partial charge in [-0.05, 0) is 57.9 Å². The molecule has 166 valence electrons. The zero-order valence-electron chi connectivity index (χ0n) is 17.8. The van der Waals surface area contributed by atoms with Crippen LogP contribution in [0.4, 0.5) is 26.5 Å². The highest BCUT2D eigenvalue weighted by molar-refractivity contribution is 6.10. The van der Waals surface area contributed by atoms with Crippen molar-refractivity contribution in [3.05, 3.63) is 42.0 Å². The fourth-order valence-electron chi connectivity index (χ4n) is 3.24. The van der Waals surface area contributed by atoms with Crippen molar-refractivity contribution in [1.29, 1.82) is 0 Å². The molecule has 0 saturated carbocycles. The second-order valence-electron chi connectivity index (χ2n) is 8.35. The summed E-state index contributed by atoms with van der Waals surface area (Å²) in [5.74, 6) is -0.651. The second-order valence-corrected chi connectivity index (χ2v) is 8.35. The van der Waals surface area contributed by atoms with Gasteiger partial charge in [0.25, 0.3) is 5.91 Å². The van der Waals surface area contributed by atoms with Crippen molar-refractivity contribution in [3.8, 4) is 0 Å². The van der Waals surface area contributed by atoms with Gasteiger partial charge in [-0.15, -0.1) is 0 Å². The molecule has 2 aromatic rings. The number of hydrogen-bond acceptors (Lipinski definition) is 7. The molecule has 1 aliphatic heterocycles. The first-order chi connectivity index (χ1) is 14.6. The van der Waals surface area contributed by atoms with Crippen LogP contribution in [-0.2, 0) is 4.74 Å². The molecule has 1 saturated heterocycles. The van der Waals surface area contributed by atoms with E-state index in [0.717, 1.165) is 12.8 Å². The van der Waals surface area contributed by atoms with E-state index in [1.54, 1.807) is 4.90 Å². The number of nitrogens with one attached hydrogen (secondary N) is 2. The topological polar surface area (TPSA) is 122 Å². The molecule has 1 fully saturated rings. The number of halogens is 1.